The minimum atomic E-state index is -0.485. The molecule has 0 saturated carbocycles. The molecular formula is C16H19NO3. The number of carbonyl (C=O) groups is 2. The molecule has 1 heterocycles. The smallest absolute Gasteiger partial charge is 0.310 e. The normalized spacial score (nSPS) is 11.6. The summed E-state index contributed by atoms with van der Waals surface area (Å²) in [5.74, 6) is -0.461. The van der Waals surface area contributed by atoms with Crippen molar-refractivity contribution in [3.8, 4) is 0 Å². The molecule has 0 radical (unpaired) electrons. The second-order valence-corrected chi connectivity index (χ2v) is 5.87. The molecule has 0 atom stereocenters. The third-order valence-electron chi connectivity index (χ3n) is 3.21. The maximum Gasteiger partial charge on any atom is 0.310 e. The van der Waals surface area contributed by atoms with E-state index in [2.05, 4.69) is 4.98 Å². The Kier molecular flexibility index (Phi) is 3.93. The van der Waals surface area contributed by atoms with Gasteiger partial charge in [-0.05, 0) is 11.6 Å². The number of nitrogens with one attached hydrogen (secondary N) is 1. The molecule has 0 unspecified atom stereocenters. The van der Waals surface area contributed by atoms with Crippen LogP contribution in [0.5, 0.6) is 0 Å². The number of hydrogen-bond donors (Lipinski definition) is 1. The summed E-state index contributed by atoms with van der Waals surface area (Å²) in [6, 6.07) is 7.76. The van der Waals surface area contributed by atoms with E-state index in [0.717, 1.165) is 16.5 Å². The van der Waals surface area contributed by atoms with Gasteiger partial charge in [0.1, 0.15) is 0 Å². The van der Waals surface area contributed by atoms with Gasteiger partial charge >= 0.3 is 5.97 Å². The number of rotatable bonds is 4. The molecule has 2 aromatic rings. The fourth-order valence-electron chi connectivity index (χ4n) is 1.85. The van der Waals surface area contributed by atoms with Gasteiger partial charge in [-0.1, -0.05) is 39.0 Å². The summed E-state index contributed by atoms with van der Waals surface area (Å²) in [5, 5.41) is 1.01. The third kappa shape index (κ3) is 3.26. The van der Waals surface area contributed by atoms with Crippen LogP contribution in [0.2, 0.25) is 0 Å². The van der Waals surface area contributed by atoms with Crippen molar-refractivity contribution in [1.82, 2.24) is 4.98 Å². The van der Waals surface area contributed by atoms with Crippen LogP contribution in [0.3, 0.4) is 0 Å². The van der Waals surface area contributed by atoms with Gasteiger partial charge in [0, 0.05) is 22.5 Å². The van der Waals surface area contributed by atoms with Gasteiger partial charge in [-0.3, -0.25) is 9.59 Å². The largest absolute Gasteiger partial charge is 0.457 e. The lowest BCUT2D eigenvalue weighted by Gasteiger charge is -2.16. The zero-order valence-corrected chi connectivity index (χ0v) is 12.0. The molecule has 0 aliphatic rings. The van der Waals surface area contributed by atoms with E-state index >= 15 is 0 Å². The SMILES string of the molecule is CC(C)(C)C(=O)COC(=O)Cc1c[nH]c2ccccc12. The zero-order chi connectivity index (χ0) is 14.8. The fourth-order valence-corrected chi connectivity index (χ4v) is 1.85. The highest BCUT2D eigenvalue weighted by atomic mass is 16.5. The van der Waals surface area contributed by atoms with Crippen molar-refractivity contribution in [3.63, 3.8) is 0 Å². The number of fused-ring (bicyclic) bond motifs is 1. The second kappa shape index (κ2) is 5.49. The summed E-state index contributed by atoms with van der Waals surface area (Å²) in [4.78, 5) is 26.6. The fraction of sp³-hybridized carbons (Fsp3) is 0.375. The van der Waals surface area contributed by atoms with E-state index in [1.54, 1.807) is 6.20 Å². The van der Waals surface area contributed by atoms with Gasteiger partial charge in [0.25, 0.3) is 0 Å². The molecule has 20 heavy (non-hydrogen) atoms. The molecule has 0 bridgehead atoms. The molecule has 0 amide bonds. The first kappa shape index (κ1) is 14.3. The van der Waals surface area contributed by atoms with Crippen molar-refractivity contribution in [1.29, 1.82) is 0 Å². The van der Waals surface area contributed by atoms with Crippen LogP contribution >= 0.6 is 0 Å². The molecule has 2 rings (SSSR count). The Bertz CT molecular complexity index is 634. The molecule has 106 valence electrons. The molecule has 0 saturated heterocycles. The highest BCUT2D eigenvalue weighted by Gasteiger charge is 2.22. The van der Waals surface area contributed by atoms with Crippen LogP contribution in [-0.4, -0.2) is 23.3 Å². The average molecular weight is 273 g/mol. The quantitative estimate of drug-likeness (QED) is 0.871. The first-order valence-electron chi connectivity index (χ1n) is 6.62. The Morgan fingerprint density at radius 1 is 1.20 bits per heavy atom. The number of Topliss-reactive ketones (excluding diaryl/α,β-unsaturated/α-hetero) is 1. The predicted octanol–water partition coefficient (Wildman–Crippen LogP) is 2.87. The van der Waals surface area contributed by atoms with E-state index in [4.69, 9.17) is 4.74 Å². The number of carbonyl (C=O) groups excluding carboxylic acids is 2. The standard InChI is InChI=1S/C16H19NO3/c1-16(2,3)14(18)10-20-15(19)8-11-9-17-13-7-5-4-6-12(11)13/h4-7,9,17H,8,10H2,1-3H3. The van der Waals surface area contributed by atoms with Crippen molar-refractivity contribution < 1.29 is 14.3 Å². The topological polar surface area (TPSA) is 59.2 Å². The number of ketones is 1. The lowest BCUT2D eigenvalue weighted by Crippen LogP contribution is -2.26. The molecule has 1 aromatic carbocycles. The van der Waals surface area contributed by atoms with Gasteiger partial charge in [0.15, 0.2) is 12.4 Å². The summed E-state index contributed by atoms with van der Waals surface area (Å²) in [7, 11) is 0. The van der Waals surface area contributed by atoms with E-state index in [1.165, 1.54) is 0 Å². The van der Waals surface area contributed by atoms with E-state index in [1.807, 2.05) is 45.0 Å². The molecule has 0 fully saturated rings. The Balaban J connectivity index is 1.97. The van der Waals surface area contributed by atoms with Gasteiger partial charge in [0.05, 0.1) is 6.42 Å². The van der Waals surface area contributed by atoms with Crippen molar-refractivity contribution >= 4 is 22.7 Å². The number of esters is 1. The molecular weight excluding hydrogens is 254 g/mol. The van der Waals surface area contributed by atoms with E-state index in [0.29, 0.717) is 0 Å². The van der Waals surface area contributed by atoms with Gasteiger partial charge in [0.2, 0.25) is 0 Å². The van der Waals surface area contributed by atoms with Crippen molar-refractivity contribution in [2.75, 3.05) is 6.61 Å². The Morgan fingerprint density at radius 2 is 1.90 bits per heavy atom. The third-order valence-corrected chi connectivity index (χ3v) is 3.21. The van der Waals surface area contributed by atoms with Gasteiger partial charge in [-0.15, -0.1) is 0 Å². The number of benzene rings is 1. The molecule has 0 spiro atoms. The van der Waals surface area contributed by atoms with Crippen LogP contribution < -0.4 is 0 Å². The van der Waals surface area contributed by atoms with Gasteiger partial charge in [-0.25, -0.2) is 0 Å². The predicted molar refractivity (Wildman–Crippen MR) is 77.4 cm³/mol. The number of para-hydroxylation sites is 1. The minimum absolute atomic E-state index is 0.0789. The van der Waals surface area contributed by atoms with Gasteiger partial charge < -0.3 is 9.72 Å². The molecule has 1 N–H and O–H groups in total. The lowest BCUT2D eigenvalue weighted by atomic mass is 9.91. The van der Waals surface area contributed by atoms with Crippen LogP contribution in [0.25, 0.3) is 10.9 Å². The maximum atomic E-state index is 11.8. The Hall–Kier alpha value is -2.10. The van der Waals surface area contributed by atoms with E-state index in [-0.39, 0.29) is 24.8 Å². The summed E-state index contributed by atoms with van der Waals surface area (Å²) in [6.07, 6.45) is 1.97. The summed E-state index contributed by atoms with van der Waals surface area (Å²) < 4.78 is 5.05. The van der Waals surface area contributed by atoms with Gasteiger partial charge in [-0.2, -0.15) is 0 Å². The molecule has 4 heteroatoms. The van der Waals surface area contributed by atoms with Crippen molar-refractivity contribution in [2.45, 2.75) is 27.2 Å². The maximum absolute atomic E-state index is 11.8. The lowest BCUT2D eigenvalue weighted by molar-refractivity contribution is -0.149. The van der Waals surface area contributed by atoms with Crippen molar-refractivity contribution in [3.05, 3.63) is 36.0 Å². The second-order valence-electron chi connectivity index (χ2n) is 5.87. The minimum Gasteiger partial charge on any atom is -0.457 e. The first-order valence-corrected chi connectivity index (χ1v) is 6.62. The average Bonchev–Trinajstić information content (AvgIpc) is 2.78. The van der Waals surface area contributed by atoms with Crippen LogP contribution in [0.1, 0.15) is 26.3 Å². The van der Waals surface area contributed by atoms with E-state index in [9.17, 15) is 9.59 Å². The number of aromatic nitrogens is 1. The number of ether oxygens (including phenoxy) is 1. The number of aromatic amines is 1. The van der Waals surface area contributed by atoms with E-state index < -0.39 is 5.41 Å². The summed E-state index contributed by atoms with van der Waals surface area (Å²) in [5.41, 5.74) is 1.39. The van der Waals surface area contributed by atoms with Crippen molar-refractivity contribution in [2.24, 2.45) is 5.41 Å². The number of hydrogen-bond acceptors (Lipinski definition) is 3. The first-order chi connectivity index (χ1) is 9.38. The Labute approximate surface area is 118 Å². The zero-order valence-electron chi connectivity index (χ0n) is 12.0. The monoisotopic (exact) mass is 273 g/mol. The van der Waals surface area contributed by atoms with Crippen LogP contribution in [-0.2, 0) is 20.7 Å². The Morgan fingerprint density at radius 3 is 2.60 bits per heavy atom. The van der Waals surface area contributed by atoms with Crippen LogP contribution in [0.15, 0.2) is 30.5 Å². The highest BCUT2D eigenvalue weighted by molar-refractivity contribution is 5.89. The molecule has 1 aromatic heterocycles. The number of H-pyrrole nitrogens is 1. The summed E-state index contributed by atoms with van der Waals surface area (Å²) >= 11 is 0. The van der Waals surface area contributed by atoms with Crippen LogP contribution in [0.4, 0.5) is 0 Å². The van der Waals surface area contributed by atoms with Crippen LogP contribution in [0, 0.1) is 5.41 Å². The summed E-state index contributed by atoms with van der Waals surface area (Å²) in [6.45, 7) is 5.26. The molecule has 4 nitrogen and oxygen atoms in total. The molecule has 0 aliphatic carbocycles. The highest BCUT2D eigenvalue weighted by Crippen LogP contribution is 2.19. The molecule has 0 aliphatic heterocycles.